The molecule has 24 heavy (non-hydrogen) atoms. The standard InChI is InChI=1S/C16H27N5O3/c22-10-1-5-19-6-2-13(12-19)16-18-17-14-3-7-20(8-9-21(14)16)15(24)4-11-23/h13,22-23H,1-12H2. The Balaban J connectivity index is 1.64. The second-order valence-electron chi connectivity index (χ2n) is 6.59. The van der Waals surface area contributed by atoms with Crippen LogP contribution in [0.25, 0.3) is 0 Å². The summed E-state index contributed by atoms with van der Waals surface area (Å²) in [4.78, 5) is 16.2. The summed E-state index contributed by atoms with van der Waals surface area (Å²) in [5, 5.41) is 26.7. The Morgan fingerprint density at radius 1 is 1.12 bits per heavy atom. The Hall–Kier alpha value is -1.51. The molecule has 0 radical (unpaired) electrons. The van der Waals surface area contributed by atoms with Crippen LogP contribution in [-0.2, 0) is 17.8 Å². The van der Waals surface area contributed by atoms with Crippen molar-refractivity contribution in [2.75, 3.05) is 45.9 Å². The summed E-state index contributed by atoms with van der Waals surface area (Å²) in [6, 6.07) is 0. The molecule has 3 rings (SSSR count). The van der Waals surface area contributed by atoms with Crippen molar-refractivity contribution in [3.8, 4) is 0 Å². The van der Waals surface area contributed by atoms with Gasteiger partial charge in [0.05, 0.1) is 6.61 Å². The van der Waals surface area contributed by atoms with E-state index < -0.39 is 0 Å². The topological polar surface area (TPSA) is 94.7 Å². The number of nitrogens with zero attached hydrogens (tertiary/aromatic N) is 5. The highest BCUT2D eigenvalue weighted by atomic mass is 16.3. The van der Waals surface area contributed by atoms with Crippen LogP contribution in [0.4, 0.5) is 0 Å². The highest BCUT2D eigenvalue weighted by Crippen LogP contribution is 2.27. The predicted molar refractivity (Wildman–Crippen MR) is 87.5 cm³/mol. The fourth-order valence-corrected chi connectivity index (χ4v) is 3.69. The lowest BCUT2D eigenvalue weighted by Gasteiger charge is -2.20. The fourth-order valence-electron chi connectivity index (χ4n) is 3.69. The van der Waals surface area contributed by atoms with Crippen molar-refractivity contribution in [3.05, 3.63) is 11.6 Å². The summed E-state index contributed by atoms with van der Waals surface area (Å²) in [5.74, 6) is 2.38. The number of carbonyl (C=O) groups is 1. The smallest absolute Gasteiger partial charge is 0.224 e. The molecule has 2 N–H and O–H groups in total. The summed E-state index contributed by atoms with van der Waals surface area (Å²) < 4.78 is 2.19. The van der Waals surface area contributed by atoms with Gasteiger partial charge in [0.1, 0.15) is 11.6 Å². The molecule has 0 saturated carbocycles. The molecule has 1 aromatic rings. The Bertz CT molecular complexity index is 562. The molecule has 2 aliphatic rings. The maximum absolute atomic E-state index is 12.0. The number of likely N-dealkylation sites (tertiary alicyclic amines) is 1. The van der Waals surface area contributed by atoms with Gasteiger partial charge in [-0.15, -0.1) is 10.2 Å². The first-order valence-electron chi connectivity index (χ1n) is 8.86. The number of rotatable bonds is 6. The number of aliphatic hydroxyl groups is 2. The van der Waals surface area contributed by atoms with E-state index in [1.54, 1.807) is 0 Å². The number of aromatic nitrogens is 3. The lowest BCUT2D eigenvalue weighted by molar-refractivity contribution is -0.131. The molecule has 1 unspecified atom stereocenters. The Morgan fingerprint density at radius 2 is 2.00 bits per heavy atom. The molecule has 134 valence electrons. The molecule has 3 heterocycles. The predicted octanol–water partition coefficient (Wildman–Crippen LogP) is -0.783. The Labute approximate surface area is 142 Å². The summed E-state index contributed by atoms with van der Waals surface area (Å²) in [6.45, 7) is 5.08. The van der Waals surface area contributed by atoms with Crippen LogP contribution in [0.1, 0.15) is 36.8 Å². The van der Waals surface area contributed by atoms with Crippen molar-refractivity contribution in [1.29, 1.82) is 0 Å². The molecule has 1 saturated heterocycles. The van der Waals surface area contributed by atoms with Crippen molar-refractivity contribution in [2.45, 2.75) is 38.1 Å². The molecule has 2 aliphatic heterocycles. The zero-order valence-corrected chi connectivity index (χ0v) is 14.1. The average Bonchev–Trinajstić information content (AvgIpc) is 3.15. The number of aliphatic hydroxyl groups excluding tert-OH is 2. The zero-order chi connectivity index (χ0) is 16.9. The molecule has 1 aromatic heterocycles. The molecule has 1 amide bonds. The van der Waals surface area contributed by atoms with E-state index in [1.165, 1.54) is 0 Å². The van der Waals surface area contributed by atoms with E-state index in [9.17, 15) is 4.79 Å². The van der Waals surface area contributed by atoms with Gasteiger partial charge in [-0.25, -0.2) is 0 Å². The van der Waals surface area contributed by atoms with Gasteiger partial charge in [0, 0.05) is 58.1 Å². The Morgan fingerprint density at radius 3 is 2.79 bits per heavy atom. The van der Waals surface area contributed by atoms with Crippen molar-refractivity contribution in [1.82, 2.24) is 24.6 Å². The summed E-state index contributed by atoms with van der Waals surface area (Å²) in [7, 11) is 0. The van der Waals surface area contributed by atoms with Crippen LogP contribution in [0.15, 0.2) is 0 Å². The monoisotopic (exact) mass is 337 g/mol. The van der Waals surface area contributed by atoms with Crippen molar-refractivity contribution in [2.24, 2.45) is 0 Å². The molecular weight excluding hydrogens is 310 g/mol. The quantitative estimate of drug-likeness (QED) is 0.707. The lowest BCUT2D eigenvalue weighted by atomic mass is 10.1. The van der Waals surface area contributed by atoms with Gasteiger partial charge in [-0.1, -0.05) is 0 Å². The summed E-state index contributed by atoms with van der Waals surface area (Å²) in [6.07, 6.45) is 2.78. The molecule has 0 aliphatic carbocycles. The molecule has 0 spiro atoms. The van der Waals surface area contributed by atoms with Gasteiger partial charge in [-0.05, 0) is 19.4 Å². The van der Waals surface area contributed by atoms with Gasteiger partial charge in [-0.3, -0.25) is 4.79 Å². The van der Waals surface area contributed by atoms with E-state index in [0.29, 0.717) is 25.4 Å². The zero-order valence-electron chi connectivity index (χ0n) is 14.1. The number of hydrogen-bond donors (Lipinski definition) is 2. The average molecular weight is 337 g/mol. The molecule has 1 fully saturated rings. The number of amides is 1. The highest BCUT2D eigenvalue weighted by molar-refractivity contribution is 5.76. The van der Waals surface area contributed by atoms with Crippen molar-refractivity contribution in [3.63, 3.8) is 0 Å². The van der Waals surface area contributed by atoms with Crippen molar-refractivity contribution < 1.29 is 15.0 Å². The summed E-state index contributed by atoms with van der Waals surface area (Å²) in [5.41, 5.74) is 0. The van der Waals surface area contributed by atoms with Crippen LogP contribution in [0.3, 0.4) is 0 Å². The van der Waals surface area contributed by atoms with Gasteiger partial charge >= 0.3 is 0 Å². The minimum Gasteiger partial charge on any atom is -0.396 e. The van der Waals surface area contributed by atoms with E-state index in [-0.39, 0.29) is 25.5 Å². The molecule has 8 nitrogen and oxygen atoms in total. The van der Waals surface area contributed by atoms with E-state index in [2.05, 4.69) is 19.7 Å². The molecule has 8 heteroatoms. The second kappa shape index (κ2) is 8.04. The highest BCUT2D eigenvalue weighted by Gasteiger charge is 2.30. The Kier molecular flexibility index (Phi) is 5.80. The fraction of sp³-hybridized carbons (Fsp3) is 0.812. The van der Waals surface area contributed by atoms with E-state index in [0.717, 1.165) is 50.7 Å². The number of carbonyl (C=O) groups excluding carboxylic acids is 1. The number of hydrogen-bond acceptors (Lipinski definition) is 6. The van der Waals surface area contributed by atoms with Gasteiger partial charge < -0.3 is 24.6 Å². The lowest BCUT2D eigenvalue weighted by Crippen LogP contribution is -2.34. The van der Waals surface area contributed by atoms with Crippen LogP contribution in [0.5, 0.6) is 0 Å². The minimum atomic E-state index is -0.0988. The first-order valence-corrected chi connectivity index (χ1v) is 8.86. The molecule has 0 aromatic carbocycles. The van der Waals surface area contributed by atoms with Gasteiger partial charge in [0.2, 0.25) is 5.91 Å². The van der Waals surface area contributed by atoms with Crippen LogP contribution in [-0.4, -0.2) is 86.6 Å². The molecular formula is C16H27N5O3. The van der Waals surface area contributed by atoms with E-state index in [4.69, 9.17) is 10.2 Å². The normalized spacial score (nSPS) is 21.8. The SMILES string of the molecule is O=C(CCO)N1CCc2nnc(C3CCN(CCCO)C3)n2CC1. The third kappa shape index (κ3) is 3.76. The first-order chi connectivity index (χ1) is 11.7. The maximum atomic E-state index is 12.0. The van der Waals surface area contributed by atoms with Gasteiger partial charge in [0.15, 0.2) is 0 Å². The maximum Gasteiger partial charge on any atom is 0.224 e. The minimum absolute atomic E-state index is 0.00815. The second-order valence-corrected chi connectivity index (χ2v) is 6.59. The van der Waals surface area contributed by atoms with E-state index in [1.807, 2.05) is 4.90 Å². The van der Waals surface area contributed by atoms with Crippen LogP contribution >= 0.6 is 0 Å². The third-order valence-electron chi connectivity index (χ3n) is 5.00. The summed E-state index contributed by atoms with van der Waals surface area (Å²) >= 11 is 0. The molecule has 0 bridgehead atoms. The van der Waals surface area contributed by atoms with Crippen LogP contribution < -0.4 is 0 Å². The van der Waals surface area contributed by atoms with Crippen molar-refractivity contribution >= 4 is 5.91 Å². The van der Waals surface area contributed by atoms with Gasteiger partial charge in [0.25, 0.3) is 0 Å². The first kappa shape index (κ1) is 17.3. The molecule has 1 atom stereocenters. The number of fused-ring (bicyclic) bond motifs is 1. The van der Waals surface area contributed by atoms with Crippen LogP contribution in [0.2, 0.25) is 0 Å². The largest absolute Gasteiger partial charge is 0.396 e. The third-order valence-corrected chi connectivity index (χ3v) is 5.00. The van der Waals surface area contributed by atoms with Crippen LogP contribution in [0, 0.1) is 0 Å². The van der Waals surface area contributed by atoms with Gasteiger partial charge in [-0.2, -0.15) is 0 Å². The van der Waals surface area contributed by atoms with E-state index >= 15 is 0 Å².